The van der Waals surface area contributed by atoms with E-state index in [1.54, 1.807) is 22.7 Å². The van der Waals surface area contributed by atoms with Crippen molar-refractivity contribution < 1.29 is 13.2 Å². The largest absolute Gasteiger partial charge is 0.346 e. The number of nitrogens with zero attached hydrogens (tertiary/aromatic N) is 3. The van der Waals surface area contributed by atoms with Crippen LogP contribution in [0.4, 0.5) is 0 Å². The number of hydrogen-bond acceptors (Lipinski definition) is 7. The molecule has 10 heteroatoms. The highest BCUT2D eigenvalue weighted by molar-refractivity contribution is 7.91. The van der Waals surface area contributed by atoms with Crippen molar-refractivity contribution in [2.24, 2.45) is 0 Å². The molecule has 1 unspecified atom stereocenters. The van der Waals surface area contributed by atoms with Gasteiger partial charge in [0.25, 0.3) is 5.91 Å². The van der Waals surface area contributed by atoms with E-state index in [9.17, 15) is 13.2 Å². The number of fused-ring (bicyclic) bond motifs is 1. The summed E-state index contributed by atoms with van der Waals surface area (Å²) in [6.45, 7) is 2.27. The minimum atomic E-state index is -3.06. The number of carbonyl (C=O) groups is 1. The summed E-state index contributed by atoms with van der Waals surface area (Å²) < 4.78 is 26.2. The maximum Gasteiger partial charge on any atom is 0.272 e. The van der Waals surface area contributed by atoms with Crippen molar-refractivity contribution in [1.82, 2.24) is 19.9 Å². The van der Waals surface area contributed by atoms with Gasteiger partial charge in [0.15, 0.2) is 15.5 Å². The van der Waals surface area contributed by atoms with Crippen LogP contribution in [0.25, 0.3) is 21.6 Å². The smallest absolute Gasteiger partial charge is 0.272 e. The average Bonchev–Trinajstić information content (AvgIpc) is 3.52. The number of rotatable bonds is 5. The first-order chi connectivity index (χ1) is 14.9. The van der Waals surface area contributed by atoms with Crippen LogP contribution in [0.3, 0.4) is 0 Å². The van der Waals surface area contributed by atoms with Gasteiger partial charge in [-0.1, -0.05) is 12.1 Å². The van der Waals surface area contributed by atoms with Crippen LogP contribution >= 0.6 is 22.7 Å². The molecule has 0 radical (unpaired) electrons. The van der Waals surface area contributed by atoms with Crippen LogP contribution in [0.5, 0.6) is 0 Å². The van der Waals surface area contributed by atoms with E-state index in [2.05, 4.69) is 15.3 Å². The first kappa shape index (κ1) is 20.3. The second-order valence-corrected chi connectivity index (χ2v) is 11.8. The van der Waals surface area contributed by atoms with Gasteiger partial charge in [-0.2, -0.15) is 0 Å². The van der Waals surface area contributed by atoms with E-state index in [4.69, 9.17) is 0 Å². The number of sulfone groups is 1. The third-order valence-corrected chi connectivity index (χ3v) is 8.94. The Labute approximate surface area is 187 Å². The van der Waals surface area contributed by atoms with E-state index in [0.717, 1.165) is 15.3 Å². The molecule has 5 rings (SSSR count). The second kappa shape index (κ2) is 7.85. The monoisotopic (exact) mass is 472 g/mol. The lowest BCUT2D eigenvalue weighted by Crippen LogP contribution is -2.24. The summed E-state index contributed by atoms with van der Waals surface area (Å²) in [6, 6.07) is 9.54. The lowest BCUT2D eigenvalue weighted by atomic mass is 10.2. The average molecular weight is 473 g/mol. The van der Waals surface area contributed by atoms with Gasteiger partial charge in [0, 0.05) is 4.88 Å². The molecule has 160 valence electrons. The Balaban J connectivity index is 1.62. The number of carbonyl (C=O) groups excluding carboxylic acids is 1. The highest BCUT2D eigenvalue weighted by Gasteiger charge is 2.32. The molecule has 0 aliphatic carbocycles. The fraction of sp³-hybridized carbons (Fsp3) is 0.286. The van der Waals surface area contributed by atoms with Crippen LogP contribution in [0.15, 0.2) is 41.1 Å². The summed E-state index contributed by atoms with van der Waals surface area (Å²) >= 11 is 3.12. The van der Waals surface area contributed by atoms with E-state index >= 15 is 0 Å². The van der Waals surface area contributed by atoms with Gasteiger partial charge < -0.3 is 9.88 Å². The number of hydrogen-bond donors (Lipinski definition) is 1. The standard InChI is InChI=1S/C21H20N4O3S3/c1-13-23-19-17(25(13)14-6-9-31(27,28)12-14)10-16(18-5-3-8-30-18)24-20(19)21(26)22-11-15-4-2-7-29-15/h2-5,7-8,10,14H,6,9,11-12H2,1H3,(H,22,26). The molecule has 1 fully saturated rings. The summed E-state index contributed by atoms with van der Waals surface area (Å²) in [6.07, 6.45) is 0.547. The minimum Gasteiger partial charge on any atom is -0.346 e. The van der Waals surface area contributed by atoms with Gasteiger partial charge in [0.05, 0.1) is 40.2 Å². The predicted octanol–water partition coefficient (Wildman–Crippen LogP) is 3.82. The Morgan fingerprint density at radius 2 is 2.03 bits per heavy atom. The molecule has 0 saturated carbocycles. The Kier molecular flexibility index (Phi) is 5.15. The quantitative estimate of drug-likeness (QED) is 0.477. The molecule has 1 aliphatic rings. The number of imidazole rings is 1. The molecule has 5 heterocycles. The van der Waals surface area contributed by atoms with Crippen molar-refractivity contribution in [2.45, 2.75) is 25.9 Å². The van der Waals surface area contributed by atoms with E-state index < -0.39 is 9.84 Å². The molecule has 1 atom stereocenters. The summed E-state index contributed by atoms with van der Waals surface area (Å²) in [5.41, 5.74) is 2.20. The summed E-state index contributed by atoms with van der Waals surface area (Å²) in [7, 11) is -3.06. The van der Waals surface area contributed by atoms with Crippen LogP contribution in [-0.2, 0) is 16.4 Å². The molecular formula is C21H20N4O3S3. The fourth-order valence-electron chi connectivity index (χ4n) is 4.02. The van der Waals surface area contributed by atoms with Gasteiger partial charge in [0.1, 0.15) is 11.3 Å². The number of nitrogens with one attached hydrogen (secondary N) is 1. The maximum atomic E-state index is 13.1. The lowest BCUT2D eigenvalue weighted by molar-refractivity contribution is 0.0948. The zero-order valence-electron chi connectivity index (χ0n) is 16.7. The van der Waals surface area contributed by atoms with Crippen molar-refractivity contribution in [3.05, 3.63) is 57.5 Å². The molecular weight excluding hydrogens is 452 g/mol. The molecule has 4 aromatic heterocycles. The van der Waals surface area contributed by atoms with E-state index in [1.807, 2.05) is 52.6 Å². The highest BCUT2D eigenvalue weighted by Crippen LogP contribution is 2.33. The van der Waals surface area contributed by atoms with E-state index in [1.165, 1.54) is 0 Å². The van der Waals surface area contributed by atoms with Gasteiger partial charge >= 0.3 is 0 Å². The number of amides is 1. The maximum absolute atomic E-state index is 13.1. The van der Waals surface area contributed by atoms with Crippen molar-refractivity contribution in [3.63, 3.8) is 0 Å². The number of aromatic nitrogens is 3. The number of pyridine rings is 1. The fourth-order valence-corrected chi connectivity index (χ4v) is 7.05. The molecule has 1 aliphatic heterocycles. The molecule has 1 N–H and O–H groups in total. The summed E-state index contributed by atoms with van der Waals surface area (Å²) in [5.74, 6) is 0.666. The molecule has 0 bridgehead atoms. The molecule has 0 aromatic carbocycles. The topological polar surface area (TPSA) is 93.9 Å². The zero-order chi connectivity index (χ0) is 21.6. The van der Waals surface area contributed by atoms with Gasteiger partial charge in [-0.05, 0) is 42.3 Å². The highest BCUT2D eigenvalue weighted by atomic mass is 32.2. The summed E-state index contributed by atoms with van der Waals surface area (Å²) in [4.78, 5) is 24.4. The SMILES string of the molecule is Cc1nc2c(C(=O)NCc3cccs3)nc(-c3cccs3)cc2n1C1CCS(=O)(=O)C1. The second-order valence-electron chi connectivity index (χ2n) is 7.55. The van der Waals surface area contributed by atoms with Gasteiger partial charge in [-0.3, -0.25) is 4.79 Å². The third kappa shape index (κ3) is 3.90. The van der Waals surface area contributed by atoms with Crippen LogP contribution < -0.4 is 5.32 Å². The van der Waals surface area contributed by atoms with Crippen LogP contribution in [0.2, 0.25) is 0 Å². The van der Waals surface area contributed by atoms with Crippen molar-refractivity contribution in [3.8, 4) is 10.6 Å². The zero-order valence-corrected chi connectivity index (χ0v) is 19.2. The third-order valence-electron chi connectivity index (χ3n) is 5.42. The lowest BCUT2D eigenvalue weighted by Gasteiger charge is -2.14. The first-order valence-electron chi connectivity index (χ1n) is 9.86. The van der Waals surface area contributed by atoms with Crippen LogP contribution in [-0.4, -0.2) is 40.4 Å². The Hall–Kier alpha value is -2.56. The molecule has 4 aromatic rings. The van der Waals surface area contributed by atoms with E-state index in [0.29, 0.717) is 30.0 Å². The Morgan fingerprint density at radius 1 is 1.23 bits per heavy atom. The number of aryl methyl sites for hydroxylation is 1. The molecule has 1 saturated heterocycles. The Morgan fingerprint density at radius 3 is 2.71 bits per heavy atom. The normalized spacial score (nSPS) is 17.9. The predicted molar refractivity (Wildman–Crippen MR) is 123 cm³/mol. The van der Waals surface area contributed by atoms with E-state index in [-0.39, 0.29) is 29.1 Å². The summed E-state index contributed by atoms with van der Waals surface area (Å²) in [5, 5.41) is 6.88. The molecule has 0 spiro atoms. The Bertz CT molecular complexity index is 1360. The van der Waals surface area contributed by atoms with Gasteiger partial charge in [0.2, 0.25) is 0 Å². The molecule has 1 amide bonds. The minimum absolute atomic E-state index is 0.0931. The van der Waals surface area contributed by atoms with Crippen LogP contribution in [0.1, 0.15) is 33.7 Å². The van der Waals surface area contributed by atoms with Gasteiger partial charge in [-0.15, -0.1) is 22.7 Å². The molecule has 7 nitrogen and oxygen atoms in total. The van der Waals surface area contributed by atoms with Crippen molar-refractivity contribution in [2.75, 3.05) is 11.5 Å². The van der Waals surface area contributed by atoms with Gasteiger partial charge in [-0.25, -0.2) is 18.4 Å². The first-order valence-corrected chi connectivity index (χ1v) is 13.4. The van der Waals surface area contributed by atoms with Crippen molar-refractivity contribution >= 4 is 49.5 Å². The molecule has 31 heavy (non-hydrogen) atoms. The number of thiophene rings is 2. The van der Waals surface area contributed by atoms with Crippen LogP contribution in [0, 0.1) is 6.92 Å². The van der Waals surface area contributed by atoms with Crippen molar-refractivity contribution in [1.29, 1.82) is 0 Å².